The number of rotatable bonds is 5. The Labute approximate surface area is 179 Å². The fourth-order valence-corrected chi connectivity index (χ4v) is 4.35. The predicted octanol–water partition coefficient (Wildman–Crippen LogP) is 2.35. The first-order valence-electron chi connectivity index (χ1n) is 10.6. The number of nitrogens with zero attached hydrogens (tertiary/aromatic N) is 2. The van der Waals surface area contributed by atoms with Crippen LogP contribution in [0.2, 0.25) is 0 Å². The lowest BCUT2D eigenvalue weighted by Gasteiger charge is -2.33. The van der Waals surface area contributed by atoms with Crippen molar-refractivity contribution in [2.45, 2.75) is 51.6 Å². The monoisotopic (exact) mass is 426 g/mol. The van der Waals surface area contributed by atoms with Gasteiger partial charge in [-0.15, -0.1) is 0 Å². The first kappa shape index (κ1) is 20.9. The quantitative estimate of drug-likeness (QED) is 0.563. The van der Waals surface area contributed by atoms with Crippen LogP contribution in [-0.4, -0.2) is 45.5 Å². The number of aromatic nitrogens is 1. The maximum Gasteiger partial charge on any atom is 0.344 e. The van der Waals surface area contributed by atoms with Crippen molar-refractivity contribution in [1.82, 2.24) is 20.3 Å². The molecule has 1 spiro atoms. The normalized spacial score (nSPS) is 23.3. The van der Waals surface area contributed by atoms with Gasteiger partial charge in [-0.3, -0.25) is 15.0 Å². The second kappa shape index (κ2) is 8.05. The molecule has 1 aliphatic heterocycles. The largest absolute Gasteiger partial charge is 0.452 e. The molecule has 4 rings (SSSR count). The zero-order chi connectivity index (χ0) is 22.2. The van der Waals surface area contributed by atoms with Crippen molar-refractivity contribution in [2.24, 2.45) is 5.92 Å². The molecule has 1 saturated carbocycles. The number of aryl methyl sites for hydroxylation is 1. The minimum atomic E-state index is -0.949. The lowest BCUT2D eigenvalue weighted by Crippen LogP contribution is -2.52. The van der Waals surface area contributed by atoms with E-state index < -0.39 is 36.0 Å². The highest BCUT2D eigenvalue weighted by Gasteiger charge is 2.52. The first-order valence-corrected chi connectivity index (χ1v) is 10.6. The van der Waals surface area contributed by atoms with Crippen LogP contribution in [0.5, 0.6) is 0 Å². The van der Waals surface area contributed by atoms with Crippen LogP contribution < -0.4 is 10.7 Å². The van der Waals surface area contributed by atoms with Gasteiger partial charge in [-0.1, -0.05) is 25.1 Å². The smallest absolute Gasteiger partial charge is 0.344 e. The third-order valence-electron chi connectivity index (χ3n) is 6.21. The maximum atomic E-state index is 12.8. The summed E-state index contributed by atoms with van der Waals surface area (Å²) in [6.07, 6.45) is 4.44. The molecule has 2 aliphatic rings. The molecule has 2 aromatic rings. The van der Waals surface area contributed by atoms with Crippen molar-refractivity contribution >= 4 is 34.7 Å². The highest BCUT2D eigenvalue weighted by Crippen LogP contribution is 2.35. The predicted molar refractivity (Wildman–Crippen MR) is 112 cm³/mol. The van der Waals surface area contributed by atoms with Crippen LogP contribution in [0.4, 0.5) is 4.79 Å². The Bertz CT molecular complexity index is 1050. The number of benzene rings is 1. The topological polar surface area (TPSA) is 110 Å². The van der Waals surface area contributed by atoms with Crippen LogP contribution in [0.3, 0.4) is 0 Å². The van der Waals surface area contributed by atoms with E-state index in [4.69, 9.17) is 4.74 Å². The van der Waals surface area contributed by atoms with Crippen molar-refractivity contribution in [2.75, 3.05) is 6.61 Å². The van der Waals surface area contributed by atoms with Crippen LogP contribution in [0.15, 0.2) is 30.5 Å². The molecule has 2 fully saturated rings. The van der Waals surface area contributed by atoms with Crippen LogP contribution in [0.25, 0.3) is 10.9 Å². The summed E-state index contributed by atoms with van der Waals surface area (Å²) in [5.74, 6) is -1.36. The van der Waals surface area contributed by atoms with E-state index >= 15 is 0 Å². The number of carbonyl (C=O) groups excluding carboxylic acids is 4. The number of hydrogen-bond acceptors (Lipinski definition) is 5. The van der Waals surface area contributed by atoms with E-state index in [0.29, 0.717) is 35.9 Å². The summed E-state index contributed by atoms with van der Waals surface area (Å²) in [6, 6.07) is 6.77. The van der Waals surface area contributed by atoms with E-state index in [9.17, 15) is 19.2 Å². The molecule has 1 aromatic carbocycles. The molecule has 0 bridgehead atoms. The lowest BCUT2D eigenvalue weighted by molar-refractivity contribution is -0.141. The van der Waals surface area contributed by atoms with Crippen molar-refractivity contribution in [3.63, 3.8) is 0 Å². The van der Waals surface area contributed by atoms with Crippen LogP contribution >= 0.6 is 0 Å². The van der Waals surface area contributed by atoms with Crippen molar-refractivity contribution in [1.29, 1.82) is 0 Å². The number of carbonyl (C=O) groups is 4. The standard InChI is InChI=1S/C22H26N4O5/c1-3-25-12-16(15-6-4-5-7-17(15)25)19(28)31-13-18(27)24-26-20(29)22(23-21(26)30)10-8-14(2)9-11-22/h4-7,12,14H,3,8-11,13H2,1-2H3,(H,23,30)(H,24,27). The zero-order valence-corrected chi connectivity index (χ0v) is 17.6. The zero-order valence-electron chi connectivity index (χ0n) is 17.6. The molecule has 1 aliphatic carbocycles. The summed E-state index contributed by atoms with van der Waals surface area (Å²) in [7, 11) is 0. The van der Waals surface area contributed by atoms with E-state index in [1.54, 1.807) is 6.20 Å². The Hall–Kier alpha value is -3.36. The average Bonchev–Trinajstić information content (AvgIpc) is 3.25. The summed E-state index contributed by atoms with van der Waals surface area (Å²) < 4.78 is 7.07. The molecule has 9 nitrogen and oxygen atoms in total. The number of para-hydroxylation sites is 1. The molecule has 0 radical (unpaired) electrons. The van der Waals surface area contributed by atoms with E-state index in [1.165, 1.54) is 0 Å². The second-order valence-electron chi connectivity index (χ2n) is 8.29. The van der Waals surface area contributed by atoms with Gasteiger partial charge in [0.15, 0.2) is 6.61 Å². The molecule has 31 heavy (non-hydrogen) atoms. The van der Waals surface area contributed by atoms with Gasteiger partial charge in [0.05, 0.1) is 5.56 Å². The molecule has 0 atom stereocenters. The highest BCUT2D eigenvalue weighted by atomic mass is 16.5. The molecule has 1 saturated heterocycles. The van der Waals surface area contributed by atoms with Crippen molar-refractivity contribution in [3.8, 4) is 0 Å². The summed E-state index contributed by atoms with van der Waals surface area (Å²) in [5.41, 5.74) is 2.58. The Balaban J connectivity index is 1.38. The van der Waals surface area contributed by atoms with Gasteiger partial charge in [0.25, 0.3) is 11.8 Å². The van der Waals surface area contributed by atoms with Gasteiger partial charge in [0.2, 0.25) is 0 Å². The number of esters is 1. The third-order valence-corrected chi connectivity index (χ3v) is 6.21. The number of hydrogen-bond donors (Lipinski definition) is 2. The van der Waals surface area contributed by atoms with Gasteiger partial charge in [-0.2, -0.15) is 5.01 Å². The molecule has 4 amide bonds. The molecule has 2 N–H and O–H groups in total. The van der Waals surface area contributed by atoms with Gasteiger partial charge in [0, 0.05) is 23.6 Å². The average molecular weight is 426 g/mol. The number of amides is 4. The molecular formula is C22H26N4O5. The fourth-order valence-electron chi connectivity index (χ4n) is 4.35. The van der Waals surface area contributed by atoms with E-state index in [1.807, 2.05) is 35.8 Å². The lowest BCUT2D eigenvalue weighted by atomic mass is 9.77. The number of imide groups is 1. The maximum absolute atomic E-state index is 12.8. The Morgan fingerprint density at radius 2 is 1.94 bits per heavy atom. The van der Waals surface area contributed by atoms with Crippen LogP contribution in [0.1, 0.15) is 49.9 Å². The number of urea groups is 1. The van der Waals surface area contributed by atoms with Gasteiger partial charge >= 0.3 is 12.0 Å². The molecular weight excluding hydrogens is 400 g/mol. The number of fused-ring (bicyclic) bond motifs is 1. The van der Waals surface area contributed by atoms with Gasteiger partial charge < -0.3 is 14.6 Å². The van der Waals surface area contributed by atoms with Crippen molar-refractivity contribution in [3.05, 3.63) is 36.0 Å². The SMILES string of the molecule is CCn1cc(C(=O)OCC(=O)NN2C(=O)NC3(CCC(C)CC3)C2=O)c2ccccc21. The van der Waals surface area contributed by atoms with Crippen molar-refractivity contribution < 1.29 is 23.9 Å². The second-order valence-corrected chi connectivity index (χ2v) is 8.29. The molecule has 1 aromatic heterocycles. The Morgan fingerprint density at radius 3 is 2.65 bits per heavy atom. The van der Waals surface area contributed by atoms with E-state index in [-0.39, 0.29) is 0 Å². The minimum Gasteiger partial charge on any atom is -0.452 e. The molecule has 2 heterocycles. The Kier molecular flexibility index (Phi) is 5.43. The molecule has 164 valence electrons. The molecule has 9 heteroatoms. The fraction of sp³-hybridized carbons (Fsp3) is 0.455. The third kappa shape index (κ3) is 3.75. The van der Waals surface area contributed by atoms with Gasteiger partial charge in [-0.05, 0) is 44.6 Å². The first-order chi connectivity index (χ1) is 14.8. The van der Waals surface area contributed by atoms with E-state index in [2.05, 4.69) is 17.7 Å². The summed E-state index contributed by atoms with van der Waals surface area (Å²) in [6.45, 7) is 4.15. The summed E-state index contributed by atoms with van der Waals surface area (Å²) in [4.78, 5) is 49.9. The molecule has 0 unspecified atom stereocenters. The number of hydrazine groups is 1. The minimum absolute atomic E-state index is 0.357. The summed E-state index contributed by atoms with van der Waals surface area (Å²) in [5, 5.41) is 4.16. The van der Waals surface area contributed by atoms with Crippen LogP contribution in [0, 0.1) is 5.92 Å². The highest BCUT2D eigenvalue weighted by molar-refractivity contribution is 6.08. The van der Waals surface area contributed by atoms with Crippen LogP contribution in [-0.2, 0) is 20.9 Å². The van der Waals surface area contributed by atoms with E-state index in [0.717, 1.165) is 23.7 Å². The summed E-state index contributed by atoms with van der Waals surface area (Å²) >= 11 is 0. The number of nitrogens with one attached hydrogen (secondary N) is 2. The van der Waals surface area contributed by atoms with Gasteiger partial charge in [0.1, 0.15) is 5.54 Å². The Morgan fingerprint density at radius 1 is 1.23 bits per heavy atom. The van der Waals surface area contributed by atoms with Gasteiger partial charge in [-0.25, -0.2) is 9.59 Å². The number of ether oxygens (including phenoxy) is 1.